The van der Waals surface area contributed by atoms with Crippen molar-refractivity contribution in [3.05, 3.63) is 170 Å². The third kappa shape index (κ3) is 3.76. The molecule has 0 unspecified atom stereocenters. The second kappa shape index (κ2) is 10.6. The van der Waals surface area contributed by atoms with Crippen LogP contribution in [0.25, 0.3) is 121 Å². The fraction of sp³-hybridized carbons (Fsp3) is 0. The van der Waals surface area contributed by atoms with Gasteiger partial charge in [0, 0.05) is 49.0 Å². The van der Waals surface area contributed by atoms with Crippen molar-refractivity contribution in [1.29, 1.82) is 0 Å². The van der Waals surface area contributed by atoms with Crippen LogP contribution in [0.1, 0.15) is 0 Å². The van der Waals surface area contributed by atoms with E-state index in [-0.39, 0.29) is 0 Å². The van der Waals surface area contributed by atoms with Gasteiger partial charge >= 0.3 is 0 Å². The first-order chi connectivity index (χ1) is 27.3. The van der Waals surface area contributed by atoms with Gasteiger partial charge in [0.2, 0.25) is 5.95 Å². The molecule has 0 saturated carbocycles. The lowest BCUT2D eigenvalue weighted by Crippen LogP contribution is -2.03. The molecule has 9 aromatic carbocycles. The minimum Gasteiger partial charge on any atom is -0.455 e. The van der Waals surface area contributed by atoms with Gasteiger partial charge in [-0.15, -0.1) is 0 Å². The second-order valence-electron chi connectivity index (χ2n) is 14.5. The Labute approximate surface area is 313 Å². The van der Waals surface area contributed by atoms with Crippen LogP contribution in [0.5, 0.6) is 0 Å². The Bertz CT molecular complexity index is 3720. The minimum absolute atomic E-state index is 0.623. The predicted octanol–water partition coefficient (Wildman–Crippen LogP) is 13.1. The first-order valence-corrected chi connectivity index (χ1v) is 18.7. The highest BCUT2D eigenvalue weighted by molar-refractivity contribution is 6.39. The van der Waals surface area contributed by atoms with Gasteiger partial charge in [-0.3, -0.25) is 4.57 Å². The molecule has 0 saturated heterocycles. The van der Waals surface area contributed by atoms with Gasteiger partial charge in [0.1, 0.15) is 11.2 Å². The highest BCUT2D eigenvalue weighted by Crippen LogP contribution is 2.48. The Hall–Kier alpha value is -7.50. The van der Waals surface area contributed by atoms with E-state index < -0.39 is 0 Å². The molecule has 0 aliphatic heterocycles. The van der Waals surface area contributed by atoms with Crippen LogP contribution in [-0.4, -0.2) is 19.1 Å². The maximum absolute atomic E-state index is 6.59. The summed E-state index contributed by atoms with van der Waals surface area (Å²) in [5.41, 5.74) is 9.98. The number of fused-ring (bicyclic) bond motifs is 7. The van der Waals surface area contributed by atoms with Gasteiger partial charge in [0.15, 0.2) is 0 Å². The molecule has 4 aromatic heterocycles. The maximum Gasteiger partial charge on any atom is 0.235 e. The number of hydrogen-bond acceptors (Lipinski definition) is 3. The lowest BCUT2D eigenvalue weighted by Gasteiger charge is -2.12. The van der Waals surface area contributed by atoms with Crippen LogP contribution in [-0.2, 0) is 0 Å². The molecule has 0 fully saturated rings. The molecule has 13 rings (SSSR count). The third-order valence-corrected chi connectivity index (χ3v) is 11.7. The lowest BCUT2D eigenvalue weighted by molar-refractivity contribution is 0.670. The summed E-state index contributed by atoms with van der Waals surface area (Å²) in [6, 6.07) is 60.5. The fourth-order valence-corrected chi connectivity index (χ4v) is 9.47. The summed E-state index contributed by atoms with van der Waals surface area (Å²) < 4.78 is 11.3. The zero-order valence-corrected chi connectivity index (χ0v) is 29.4. The van der Waals surface area contributed by atoms with E-state index in [1.54, 1.807) is 0 Å². The molecule has 0 radical (unpaired) electrons. The van der Waals surface area contributed by atoms with Crippen LogP contribution < -0.4 is 0 Å². The van der Waals surface area contributed by atoms with E-state index in [1.165, 1.54) is 54.1 Å². The molecule has 0 spiro atoms. The standard InChI is InChI=1S/C50H28N4O/c1-2-13-29(14-3-1)53-39-24-11-19-33-30-15-4-5-16-31(30)34-20-12-25-40-45(34)47-42(28-27-41(53)46(47)44(33)39)54(40)50-51-38-23-8-6-18-36(38)48(52-50)37-22-10-21-35-32-17-7-9-26-43(32)55-49(35)37/h1-28H. The van der Waals surface area contributed by atoms with Crippen molar-refractivity contribution in [2.75, 3.05) is 0 Å². The molecule has 0 aliphatic carbocycles. The summed E-state index contributed by atoms with van der Waals surface area (Å²) >= 11 is 0. The SMILES string of the molecule is c1ccc(-n2c3cccc4c5ccccc5c5cccc6c5c5c(c43)c2ccc5n6-c2nc(-c3cccc4c3oc3ccccc34)c3ccccc3n2)cc1. The summed E-state index contributed by atoms with van der Waals surface area (Å²) in [5, 5.41) is 12.9. The third-order valence-electron chi connectivity index (χ3n) is 11.7. The zero-order valence-electron chi connectivity index (χ0n) is 29.4. The zero-order chi connectivity index (χ0) is 35.8. The Morgan fingerprint density at radius 1 is 0.364 bits per heavy atom. The molecule has 254 valence electrons. The summed E-state index contributed by atoms with van der Waals surface area (Å²) in [4.78, 5) is 10.9. The number of para-hydroxylation sites is 4. The van der Waals surface area contributed by atoms with Crippen molar-refractivity contribution in [2.45, 2.75) is 0 Å². The second-order valence-corrected chi connectivity index (χ2v) is 14.5. The van der Waals surface area contributed by atoms with Crippen molar-refractivity contribution in [2.24, 2.45) is 0 Å². The minimum atomic E-state index is 0.623. The molecule has 5 nitrogen and oxygen atoms in total. The van der Waals surface area contributed by atoms with Gasteiger partial charge < -0.3 is 8.98 Å². The van der Waals surface area contributed by atoms with Crippen molar-refractivity contribution < 1.29 is 4.42 Å². The molecule has 5 heteroatoms. The first-order valence-electron chi connectivity index (χ1n) is 18.7. The Balaban J connectivity index is 1.23. The van der Waals surface area contributed by atoms with Gasteiger partial charge in [-0.2, -0.15) is 0 Å². The quantitative estimate of drug-likeness (QED) is 0.184. The maximum atomic E-state index is 6.59. The van der Waals surface area contributed by atoms with Crippen molar-refractivity contribution in [1.82, 2.24) is 19.1 Å². The number of rotatable bonds is 3. The van der Waals surface area contributed by atoms with Crippen LogP contribution in [0.4, 0.5) is 0 Å². The summed E-state index contributed by atoms with van der Waals surface area (Å²) in [6.07, 6.45) is 0. The number of nitrogens with zero attached hydrogens (tertiary/aromatic N) is 4. The van der Waals surface area contributed by atoms with Crippen LogP contribution in [0.3, 0.4) is 0 Å². The van der Waals surface area contributed by atoms with E-state index in [0.29, 0.717) is 5.95 Å². The molecule has 0 bridgehead atoms. The molecule has 55 heavy (non-hydrogen) atoms. The van der Waals surface area contributed by atoms with Crippen molar-refractivity contribution in [3.8, 4) is 22.9 Å². The smallest absolute Gasteiger partial charge is 0.235 e. The van der Waals surface area contributed by atoms with Crippen LogP contribution >= 0.6 is 0 Å². The summed E-state index contributed by atoms with van der Waals surface area (Å²) in [6.45, 7) is 0. The molecular weight excluding hydrogens is 673 g/mol. The first kappa shape index (κ1) is 29.0. The van der Waals surface area contributed by atoms with E-state index in [4.69, 9.17) is 14.4 Å². The normalized spacial score (nSPS) is 12.4. The predicted molar refractivity (Wildman–Crippen MR) is 227 cm³/mol. The fourth-order valence-electron chi connectivity index (χ4n) is 9.47. The van der Waals surface area contributed by atoms with Gasteiger partial charge in [-0.1, -0.05) is 115 Å². The molecule has 0 aliphatic rings. The molecule has 4 heterocycles. The molecule has 0 atom stereocenters. The molecule has 0 N–H and O–H groups in total. The van der Waals surface area contributed by atoms with Gasteiger partial charge in [-0.25, -0.2) is 9.97 Å². The molecular formula is C50H28N4O. The van der Waals surface area contributed by atoms with E-state index in [0.717, 1.165) is 60.8 Å². The van der Waals surface area contributed by atoms with Crippen LogP contribution in [0, 0.1) is 0 Å². The average Bonchev–Trinajstić information content (AvgIpc) is 3.91. The Morgan fingerprint density at radius 3 is 1.65 bits per heavy atom. The summed E-state index contributed by atoms with van der Waals surface area (Å²) in [5.74, 6) is 0.623. The molecule has 0 amide bonds. The monoisotopic (exact) mass is 700 g/mol. The highest BCUT2D eigenvalue weighted by Gasteiger charge is 2.26. The highest BCUT2D eigenvalue weighted by atomic mass is 16.3. The number of benzene rings is 8. The van der Waals surface area contributed by atoms with Crippen LogP contribution in [0.15, 0.2) is 174 Å². The van der Waals surface area contributed by atoms with Crippen LogP contribution in [0.2, 0.25) is 0 Å². The Kier molecular flexibility index (Phi) is 5.57. The molecule has 13 aromatic rings. The summed E-state index contributed by atoms with van der Waals surface area (Å²) in [7, 11) is 0. The van der Waals surface area contributed by atoms with E-state index in [9.17, 15) is 0 Å². The largest absolute Gasteiger partial charge is 0.455 e. The number of hydrogen-bond donors (Lipinski definition) is 0. The van der Waals surface area contributed by atoms with Crippen molar-refractivity contribution >= 4 is 98.0 Å². The lowest BCUT2D eigenvalue weighted by atomic mass is 9.95. The number of furan rings is 1. The van der Waals surface area contributed by atoms with Gasteiger partial charge in [-0.05, 0) is 76.1 Å². The van der Waals surface area contributed by atoms with E-state index >= 15 is 0 Å². The van der Waals surface area contributed by atoms with Gasteiger partial charge in [0.25, 0.3) is 0 Å². The van der Waals surface area contributed by atoms with E-state index in [1.807, 2.05) is 12.1 Å². The average molecular weight is 701 g/mol. The Morgan fingerprint density at radius 2 is 0.909 bits per heavy atom. The number of aromatic nitrogens is 4. The van der Waals surface area contributed by atoms with E-state index in [2.05, 4.69) is 167 Å². The van der Waals surface area contributed by atoms with Gasteiger partial charge in [0.05, 0.1) is 33.3 Å². The van der Waals surface area contributed by atoms with Crippen molar-refractivity contribution in [3.63, 3.8) is 0 Å². The topological polar surface area (TPSA) is 48.8 Å².